The Balaban J connectivity index is 1.69. The Morgan fingerprint density at radius 1 is 1.09 bits per heavy atom. The van der Waals surface area contributed by atoms with Gasteiger partial charge in [-0.05, 0) is 49.4 Å². The predicted molar refractivity (Wildman–Crippen MR) is 122 cm³/mol. The number of benzene rings is 3. The van der Waals surface area contributed by atoms with E-state index in [1.165, 1.54) is 12.1 Å². The van der Waals surface area contributed by atoms with Gasteiger partial charge in [0.2, 0.25) is 0 Å². The number of para-hydroxylation sites is 1. The first-order valence-electron chi connectivity index (χ1n) is 9.83. The molecule has 1 N–H and O–H groups in total. The third-order valence-corrected chi connectivity index (χ3v) is 5.57. The molecule has 0 saturated heterocycles. The molecule has 0 aliphatic heterocycles. The lowest BCUT2D eigenvalue weighted by molar-refractivity contribution is -0.137. The standard InChI is InChI=1S/C24H19BrFN3O3/c1-15-27-21-11-16(8-10-22(21)29(15)19-5-3-2-4-6-19)24(32)28(14-23(30)31)13-17-7-9-18(25)12-20(17)26/h2-12H,13-14H2,1H3,(H,30,31). The quantitative estimate of drug-likeness (QED) is 0.410. The fraction of sp³-hybridized carbons (Fsp3) is 0.125. The first-order valence-corrected chi connectivity index (χ1v) is 10.6. The minimum atomic E-state index is -1.18. The van der Waals surface area contributed by atoms with Crippen LogP contribution in [-0.4, -0.2) is 38.0 Å². The van der Waals surface area contributed by atoms with Crippen molar-refractivity contribution >= 4 is 38.8 Å². The lowest BCUT2D eigenvalue weighted by Gasteiger charge is -2.21. The van der Waals surface area contributed by atoms with Crippen LogP contribution in [0.15, 0.2) is 71.2 Å². The molecule has 0 atom stereocenters. The minimum absolute atomic E-state index is 0.167. The van der Waals surface area contributed by atoms with Gasteiger partial charge < -0.3 is 10.0 Å². The Kier molecular flexibility index (Phi) is 6.05. The molecular weight excluding hydrogens is 477 g/mol. The average molecular weight is 496 g/mol. The van der Waals surface area contributed by atoms with Gasteiger partial charge in [0.25, 0.3) is 5.91 Å². The van der Waals surface area contributed by atoms with Crippen molar-refractivity contribution in [3.05, 3.63) is 94.0 Å². The van der Waals surface area contributed by atoms with E-state index in [4.69, 9.17) is 0 Å². The van der Waals surface area contributed by atoms with Gasteiger partial charge in [-0.2, -0.15) is 0 Å². The van der Waals surface area contributed by atoms with Crippen LogP contribution in [-0.2, 0) is 11.3 Å². The van der Waals surface area contributed by atoms with E-state index in [0.29, 0.717) is 9.99 Å². The van der Waals surface area contributed by atoms with E-state index in [9.17, 15) is 19.1 Å². The molecule has 162 valence electrons. The highest BCUT2D eigenvalue weighted by molar-refractivity contribution is 9.10. The van der Waals surface area contributed by atoms with Crippen molar-refractivity contribution in [2.45, 2.75) is 13.5 Å². The molecule has 8 heteroatoms. The number of fused-ring (bicyclic) bond motifs is 1. The summed E-state index contributed by atoms with van der Waals surface area (Å²) in [6.07, 6.45) is 0. The molecule has 0 radical (unpaired) electrons. The number of aromatic nitrogens is 2. The van der Waals surface area contributed by atoms with Crippen LogP contribution >= 0.6 is 15.9 Å². The SMILES string of the molecule is Cc1nc2cc(C(=O)N(CC(=O)O)Cc3ccc(Br)cc3F)ccc2n1-c1ccccc1. The Bertz CT molecular complexity index is 1320. The van der Waals surface area contributed by atoms with E-state index in [1.807, 2.05) is 41.8 Å². The summed E-state index contributed by atoms with van der Waals surface area (Å²) in [7, 11) is 0. The summed E-state index contributed by atoms with van der Waals surface area (Å²) >= 11 is 3.19. The third-order valence-electron chi connectivity index (χ3n) is 5.07. The van der Waals surface area contributed by atoms with Crippen molar-refractivity contribution in [1.82, 2.24) is 14.5 Å². The molecular formula is C24H19BrFN3O3. The van der Waals surface area contributed by atoms with Gasteiger partial charge in [-0.1, -0.05) is 40.2 Å². The number of aliphatic carboxylic acids is 1. The molecule has 0 fully saturated rings. The van der Waals surface area contributed by atoms with Crippen LogP contribution in [0.25, 0.3) is 16.7 Å². The third kappa shape index (κ3) is 4.40. The van der Waals surface area contributed by atoms with Gasteiger partial charge in [0.1, 0.15) is 18.2 Å². The maximum absolute atomic E-state index is 14.3. The highest BCUT2D eigenvalue weighted by Crippen LogP contribution is 2.24. The summed E-state index contributed by atoms with van der Waals surface area (Å²) in [5, 5.41) is 9.30. The van der Waals surface area contributed by atoms with Crippen molar-refractivity contribution in [2.75, 3.05) is 6.54 Å². The van der Waals surface area contributed by atoms with Crippen LogP contribution in [0, 0.1) is 12.7 Å². The zero-order valence-corrected chi connectivity index (χ0v) is 18.7. The van der Waals surface area contributed by atoms with Crippen LogP contribution in [0.3, 0.4) is 0 Å². The first-order chi connectivity index (χ1) is 15.3. The lowest BCUT2D eigenvalue weighted by Crippen LogP contribution is -2.35. The summed E-state index contributed by atoms with van der Waals surface area (Å²) < 4.78 is 16.8. The molecule has 0 unspecified atom stereocenters. The van der Waals surface area contributed by atoms with Gasteiger partial charge in [-0.15, -0.1) is 0 Å². The topological polar surface area (TPSA) is 75.4 Å². The average Bonchev–Trinajstić information content (AvgIpc) is 3.09. The van der Waals surface area contributed by atoms with E-state index >= 15 is 0 Å². The van der Waals surface area contributed by atoms with Gasteiger partial charge in [-0.3, -0.25) is 14.2 Å². The highest BCUT2D eigenvalue weighted by Gasteiger charge is 2.22. The smallest absolute Gasteiger partial charge is 0.323 e. The number of hydrogen-bond acceptors (Lipinski definition) is 3. The number of halogens is 2. The molecule has 1 aromatic heterocycles. The van der Waals surface area contributed by atoms with Crippen molar-refractivity contribution in [1.29, 1.82) is 0 Å². The normalized spacial score (nSPS) is 11.0. The number of aryl methyl sites for hydroxylation is 1. The van der Waals surface area contributed by atoms with Crippen molar-refractivity contribution in [3.63, 3.8) is 0 Å². The molecule has 4 aromatic rings. The number of imidazole rings is 1. The molecule has 0 bridgehead atoms. The van der Waals surface area contributed by atoms with E-state index in [2.05, 4.69) is 20.9 Å². The van der Waals surface area contributed by atoms with E-state index in [0.717, 1.165) is 21.9 Å². The van der Waals surface area contributed by atoms with Crippen molar-refractivity contribution in [3.8, 4) is 5.69 Å². The van der Waals surface area contributed by atoms with Gasteiger partial charge in [-0.25, -0.2) is 9.37 Å². The Labute approximate surface area is 192 Å². The van der Waals surface area contributed by atoms with Gasteiger partial charge in [0.15, 0.2) is 0 Å². The maximum atomic E-state index is 14.3. The lowest BCUT2D eigenvalue weighted by atomic mass is 10.1. The predicted octanol–water partition coefficient (Wildman–Crippen LogP) is 4.96. The van der Waals surface area contributed by atoms with Crippen LogP contribution in [0.4, 0.5) is 4.39 Å². The number of carboxylic acid groups (broad SMARTS) is 1. The largest absolute Gasteiger partial charge is 0.480 e. The van der Waals surface area contributed by atoms with Gasteiger partial charge in [0.05, 0.1) is 11.0 Å². The number of rotatable bonds is 6. The summed E-state index contributed by atoms with van der Waals surface area (Å²) in [6.45, 7) is 1.16. The Morgan fingerprint density at radius 2 is 1.84 bits per heavy atom. The molecule has 3 aromatic carbocycles. The molecule has 1 heterocycles. The molecule has 32 heavy (non-hydrogen) atoms. The summed E-state index contributed by atoms with van der Waals surface area (Å²) in [6, 6.07) is 19.2. The van der Waals surface area contributed by atoms with Gasteiger partial charge in [0, 0.05) is 27.8 Å². The molecule has 0 saturated carbocycles. The zero-order chi connectivity index (χ0) is 22.8. The second kappa shape index (κ2) is 8.92. The first kappa shape index (κ1) is 21.7. The minimum Gasteiger partial charge on any atom is -0.480 e. The Hall–Kier alpha value is -3.52. The van der Waals surface area contributed by atoms with Crippen molar-refractivity contribution in [2.24, 2.45) is 0 Å². The number of nitrogens with zero attached hydrogens (tertiary/aromatic N) is 3. The molecule has 4 rings (SSSR count). The van der Waals surface area contributed by atoms with Crippen LogP contribution in [0.1, 0.15) is 21.7 Å². The number of carbonyl (C=O) groups is 2. The van der Waals surface area contributed by atoms with E-state index in [-0.39, 0.29) is 17.7 Å². The summed E-state index contributed by atoms with van der Waals surface area (Å²) in [4.78, 5) is 30.2. The number of amides is 1. The van der Waals surface area contributed by atoms with Crippen molar-refractivity contribution < 1.29 is 19.1 Å². The molecule has 0 aliphatic carbocycles. The number of hydrogen-bond donors (Lipinski definition) is 1. The fourth-order valence-electron chi connectivity index (χ4n) is 3.64. The van der Waals surface area contributed by atoms with Crippen LogP contribution < -0.4 is 0 Å². The second-order valence-electron chi connectivity index (χ2n) is 7.32. The molecule has 0 aliphatic rings. The fourth-order valence-corrected chi connectivity index (χ4v) is 3.97. The summed E-state index contributed by atoms with van der Waals surface area (Å²) in [5.74, 6) is -1.45. The number of carboxylic acids is 1. The summed E-state index contributed by atoms with van der Waals surface area (Å²) in [5.41, 5.74) is 2.91. The monoisotopic (exact) mass is 495 g/mol. The van der Waals surface area contributed by atoms with Crippen LogP contribution in [0.2, 0.25) is 0 Å². The van der Waals surface area contributed by atoms with Gasteiger partial charge >= 0.3 is 5.97 Å². The number of carbonyl (C=O) groups excluding carboxylic acids is 1. The van der Waals surface area contributed by atoms with E-state index in [1.54, 1.807) is 24.3 Å². The van der Waals surface area contributed by atoms with Crippen LogP contribution in [0.5, 0.6) is 0 Å². The molecule has 1 amide bonds. The zero-order valence-electron chi connectivity index (χ0n) is 17.1. The second-order valence-corrected chi connectivity index (χ2v) is 8.24. The Morgan fingerprint density at radius 3 is 2.53 bits per heavy atom. The molecule has 6 nitrogen and oxygen atoms in total. The van der Waals surface area contributed by atoms with E-state index < -0.39 is 24.2 Å². The highest BCUT2D eigenvalue weighted by atomic mass is 79.9. The maximum Gasteiger partial charge on any atom is 0.323 e. The molecule has 0 spiro atoms.